The molecule has 2 fully saturated rings. The highest BCUT2D eigenvalue weighted by atomic mass is 16.2. The van der Waals surface area contributed by atoms with Crippen molar-refractivity contribution in [1.82, 2.24) is 10.2 Å². The Morgan fingerprint density at radius 3 is 2.68 bits per heavy atom. The fourth-order valence-electron chi connectivity index (χ4n) is 3.62. The van der Waals surface area contributed by atoms with Gasteiger partial charge in [-0.3, -0.25) is 4.79 Å². The Kier molecular flexibility index (Phi) is 4.67. The van der Waals surface area contributed by atoms with Crippen molar-refractivity contribution in [2.24, 2.45) is 0 Å². The van der Waals surface area contributed by atoms with Crippen LogP contribution in [0.2, 0.25) is 0 Å². The van der Waals surface area contributed by atoms with Crippen molar-refractivity contribution in [1.29, 1.82) is 0 Å². The summed E-state index contributed by atoms with van der Waals surface area (Å²) in [5.41, 5.74) is 3.17. The van der Waals surface area contributed by atoms with Gasteiger partial charge in [-0.25, -0.2) is 0 Å². The molecule has 0 spiro atoms. The number of piperidine rings is 1. The molecule has 2 aliphatic rings. The molecule has 1 atom stereocenters. The van der Waals surface area contributed by atoms with E-state index in [1.807, 2.05) is 11.9 Å². The van der Waals surface area contributed by atoms with E-state index in [1.54, 1.807) is 0 Å². The molecule has 1 amide bonds. The third kappa shape index (κ3) is 3.12. The maximum Gasteiger partial charge on any atom is 0.256 e. The number of nitrogens with one attached hydrogen (secondary N) is 1. The monoisotopic (exact) mass is 301 g/mol. The smallest absolute Gasteiger partial charge is 0.256 e. The highest BCUT2D eigenvalue weighted by Crippen LogP contribution is 2.27. The third-order valence-corrected chi connectivity index (χ3v) is 4.95. The SMILES string of the molecule is CN[C@@H]1CCCN(C(=O)c2cc(C)ccc2N2CCCC2)C1. The van der Waals surface area contributed by atoms with Gasteiger partial charge < -0.3 is 15.1 Å². The van der Waals surface area contributed by atoms with Crippen LogP contribution in [0, 0.1) is 6.92 Å². The Bertz CT molecular complexity index is 537. The molecule has 2 heterocycles. The van der Waals surface area contributed by atoms with E-state index in [0.29, 0.717) is 6.04 Å². The molecule has 1 N–H and O–H groups in total. The Balaban J connectivity index is 1.85. The van der Waals surface area contributed by atoms with Gasteiger partial charge in [0.25, 0.3) is 5.91 Å². The van der Waals surface area contributed by atoms with E-state index in [0.717, 1.165) is 55.8 Å². The Morgan fingerprint density at radius 1 is 1.18 bits per heavy atom. The number of rotatable bonds is 3. The van der Waals surface area contributed by atoms with Crippen LogP contribution in [-0.4, -0.2) is 50.1 Å². The fourth-order valence-corrected chi connectivity index (χ4v) is 3.62. The van der Waals surface area contributed by atoms with Gasteiger partial charge in [0.2, 0.25) is 0 Å². The minimum atomic E-state index is 0.200. The number of carbonyl (C=O) groups is 1. The molecule has 0 bridgehead atoms. The molecular weight excluding hydrogens is 274 g/mol. The molecule has 1 aromatic rings. The number of aryl methyl sites for hydroxylation is 1. The van der Waals surface area contributed by atoms with Gasteiger partial charge in [0.05, 0.1) is 5.56 Å². The van der Waals surface area contributed by atoms with Crippen molar-refractivity contribution >= 4 is 11.6 Å². The molecule has 0 aliphatic carbocycles. The van der Waals surface area contributed by atoms with Crippen molar-refractivity contribution < 1.29 is 4.79 Å². The summed E-state index contributed by atoms with van der Waals surface area (Å²) in [5.74, 6) is 0.200. The zero-order valence-corrected chi connectivity index (χ0v) is 13.8. The lowest BCUT2D eigenvalue weighted by Gasteiger charge is -2.33. The number of amides is 1. The summed E-state index contributed by atoms with van der Waals surface area (Å²) in [4.78, 5) is 17.5. The van der Waals surface area contributed by atoms with Crippen molar-refractivity contribution in [3.05, 3.63) is 29.3 Å². The first kappa shape index (κ1) is 15.3. The predicted octanol–water partition coefficient (Wildman–Crippen LogP) is 2.42. The minimum Gasteiger partial charge on any atom is -0.371 e. The van der Waals surface area contributed by atoms with E-state index >= 15 is 0 Å². The number of nitrogens with zero attached hydrogens (tertiary/aromatic N) is 2. The van der Waals surface area contributed by atoms with Crippen molar-refractivity contribution in [2.75, 3.05) is 38.1 Å². The first-order chi connectivity index (χ1) is 10.7. The lowest BCUT2D eigenvalue weighted by atomic mass is 10.0. The predicted molar refractivity (Wildman–Crippen MR) is 90.6 cm³/mol. The number of hydrogen-bond acceptors (Lipinski definition) is 3. The van der Waals surface area contributed by atoms with Gasteiger partial charge in [-0.05, 0) is 51.8 Å². The first-order valence-corrected chi connectivity index (χ1v) is 8.51. The van der Waals surface area contributed by atoms with Crippen LogP contribution in [0.4, 0.5) is 5.69 Å². The van der Waals surface area contributed by atoms with Crippen LogP contribution in [0.3, 0.4) is 0 Å². The molecule has 22 heavy (non-hydrogen) atoms. The molecule has 1 aromatic carbocycles. The minimum absolute atomic E-state index is 0.200. The first-order valence-electron chi connectivity index (χ1n) is 8.51. The van der Waals surface area contributed by atoms with Crippen LogP contribution in [-0.2, 0) is 0 Å². The lowest BCUT2D eigenvalue weighted by Crippen LogP contribution is -2.47. The normalized spacial score (nSPS) is 22.2. The van der Waals surface area contributed by atoms with E-state index in [9.17, 15) is 4.79 Å². The van der Waals surface area contributed by atoms with Crippen LogP contribution in [0.25, 0.3) is 0 Å². The average molecular weight is 301 g/mol. The maximum absolute atomic E-state index is 13.1. The number of carbonyl (C=O) groups excluding carboxylic acids is 1. The second-order valence-electron chi connectivity index (χ2n) is 6.59. The summed E-state index contributed by atoms with van der Waals surface area (Å²) < 4.78 is 0. The van der Waals surface area contributed by atoms with Crippen LogP contribution in [0.5, 0.6) is 0 Å². The summed E-state index contributed by atoms with van der Waals surface area (Å²) >= 11 is 0. The van der Waals surface area contributed by atoms with Gasteiger partial charge in [0.15, 0.2) is 0 Å². The van der Waals surface area contributed by atoms with Crippen LogP contribution in [0.15, 0.2) is 18.2 Å². The van der Waals surface area contributed by atoms with E-state index < -0.39 is 0 Å². The molecule has 0 aromatic heterocycles. The number of likely N-dealkylation sites (tertiary alicyclic amines) is 1. The summed E-state index contributed by atoms with van der Waals surface area (Å²) in [6, 6.07) is 6.75. The van der Waals surface area contributed by atoms with Crippen LogP contribution >= 0.6 is 0 Å². The number of likely N-dealkylation sites (N-methyl/N-ethyl adjacent to an activating group) is 1. The van der Waals surface area contributed by atoms with Crippen LogP contribution in [0.1, 0.15) is 41.6 Å². The topological polar surface area (TPSA) is 35.6 Å². The Hall–Kier alpha value is -1.55. The summed E-state index contributed by atoms with van der Waals surface area (Å²) in [7, 11) is 1.99. The fraction of sp³-hybridized carbons (Fsp3) is 0.611. The van der Waals surface area contributed by atoms with Gasteiger partial charge in [-0.1, -0.05) is 11.6 Å². The second-order valence-corrected chi connectivity index (χ2v) is 6.59. The van der Waals surface area contributed by atoms with E-state index in [1.165, 1.54) is 12.8 Å². The maximum atomic E-state index is 13.1. The molecule has 4 nitrogen and oxygen atoms in total. The third-order valence-electron chi connectivity index (χ3n) is 4.95. The van der Waals surface area contributed by atoms with Gasteiger partial charge >= 0.3 is 0 Å². The molecule has 2 saturated heterocycles. The van der Waals surface area contributed by atoms with Gasteiger partial charge in [0, 0.05) is 37.9 Å². The van der Waals surface area contributed by atoms with Crippen LogP contribution < -0.4 is 10.2 Å². The van der Waals surface area contributed by atoms with E-state index in [-0.39, 0.29) is 5.91 Å². The molecule has 0 unspecified atom stereocenters. The molecule has 3 rings (SSSR count). The molecular formula is C18H27N3O. The summed E-state index contributed by atoms with van der Waals surface area (Å²) in [6.45, 7) is 5.91. The Morgan fingerprint density at radius 2 is 1.95 bits per heavy atom. The zero-order chi connectivity index (χ0) is 15.5. The van der Waals surface area contributed by atoms with Gasteiger partial charge in [-0.2, -0.15) is 0 Å². The number of hydrogen-bond donors (Lipinski definition) is 1. The summed E-state index contributed by atoms with van der Waals surface area (Å²) in [5, 5.41) is 3.32. The summed E-state index contributed by atoms with van der Waals surface area (Å²) in [6.07, 6.45) is 4.70. The van der Waals surface area contributed by atoms with Crippen molar-refractivity contribution in [2.45, 2.75) is 38.6 Å². The highest BCUT2D eigenvalue weighted by molar-refractivity contribution is 6.00. The van der Waals surface area contributed by atoms with Gasteiger partial charge in [-0.15, -0.1) is 0 Å². The lowest BCUT2D eigenvalue weighted by molar-refractivity contribution is 0.0698. The van der Waals surface area contributed by atoms with Crippen molar-refractivity contribution in [3.63, 3.8) is 0 Å². The average Bonchev–Trinajstić information content (AvgIpc) is 3.08. The molecule has 120 valence electrons. The molecule has 2 aliphatic heterocycles. The molecule has 4 heteroatoms. The van der Waals surface area contributed by atoms with E-state index in [4.69, 9.17) is 0 Å². The molecule has 0 radical (unpaired) electrons. The standard InChI is InChI=1S/C18H27N3O/c1-14-7-8-17(20-9-3-4-10-20)16(12-14)18(22)21-11-5-6-15(13-21)19-2/h7-8,12,15,19H,3-6,9-11,13H2,1-2H3/t15-/m1/s1. The second kappa shape index (κ2) is 6.69. The highest BCUT2D eigenvalue weighted by Gasteiger charge is 2.27. The largest absolute Gasteiger partial charge is 0.371 e. The van der Waals surface area contributed by atoms with Crippen molar-refractivity contribution in [3.8, 4) is 0 Å². The van der Waals surface area contributed by atoms with Gasteiger partial charge in [0.1, 0.15) is 0 Å². The molecule has 0 saturated carbocycles. The van der Waals surface area contributed by atoms with E-state index in [2.05, 4.69) is 35.3 Å². The number of anilines is 1. The zero-order valence-electron chi connectivity index (χ0n) is 13.8. The Labute approximate surface area is 133 Å². The quantitative estimate of drug-likeness (QED) is 0.931. The number of benzene rings is 1.